The molecule has 0 aliphatic heterocycles. The molecule has 0 bridgehead atoms. The molecule has 8 heteroatoms. The SMILES string of the molecule is FC(F)C(F)(F)Oc1csc(-c2ccc[nH]2)n1. The Morgan fingerprint density at radius 1 is 1.41 bits per heavy atom. The number of rotatable bonds is 4. The van der Waals surface area contributed by atoms with Crippen molar-refractivity contribution in [3.05, 3.63) is 23.7 Å². The third kappa shape index (κ3) is 2.57. The lowest BCUT2D eigenvalue weighted by Gasteiger charge is -2.14. The van der Waals surface area contributed by atoms with Gasteiger partial charge in [-0.1, -0.05) is 0 Å². The van der Waals surface area contributed by atoms with Gasteiger partial charge >= 0.3 is 12.5 Å². The zero-order chi connectivity index (χ0) is 12.5. The number of halogens is 4. The normalized spacial score (nSPS) is 12.1. The van der Waals surface area contributed by atoms with Gasteiger partial charge in [0.25, 0.3) is 0 Å². The molecule has 3 nitrogen and oxygen atoms in total. The molecule has 0 aromatic carbocycles. The van der Waals surface area contributed by atoms with E-state index < -0.39 is 18.4 Å². The molecule has 0 atom stereocenters. The highest BCUT2D eigenvalue weighted by atomic mass is 32.1. The van der Waals surface area contributed by atoms with Crippen molar-refractivity contribution in [2.24, 2.45) is 0 Å². The van der Waals surface area contributed by atoms with Crippen LogP contribution >= 0.6 is 11.3 Å². The minimum Gasteiger partial charge on any atom is -0.409 e. The third-order valence-corrected chi connectivity index (χ3v) is 2.66. The number of aromatic nitrogens is 2. The molecule has 2 aromatic rings. The summed E-state index contributed by atoms with van der Waals surface area (Å²) in [5.41, 5.74) is 0.602. The van der Waals surface area contributed by atoms with Gasteiger partial charge < -0.3 is 9.72 Å². The van der Waals surface area contributed by atoms with Gasteiger partial charge in [0.15, 0.2) is 0 Å². The quantitative estimate of drug-likeness (QED) is 0.861. The maximum atomic E-state index is 12.6. The number of alkyl halides is 4. The lowest BCUT2D eigenvalue weighted by atomic mass is 10.4. The van der Waals surface area contributed by atoms with Crippen molar-refractivity contribution in [2.75, 3.05) is 0 Å². The third-order valence-electron chi connectivity index (χ3n) is 1.81. The number of nitrogens with zero attached hydrogens (tertiary/aromatic N) is 1. The van der Waals surface area contributed by atoms with Crippen LogP contribution in [0.15, 0.2) is 23.7 Å². The first kappa shape index (κ1) is 11.9. The zero-order valence-electron chi connectivity index (χ0n) is 8.16. The lowest BCUT2D eigenvalue weighted by Crippen LogP contribution is -2.33. The smallest absolute Gasteiger partial charge is 0.409 e. The van der Waals surface area contributed by atoms with E-state index in [1.54, 1.807) is 18.3 Å². The molecule has 92 valence electrons. The Balaban J connectivity index is 2.14. The zero-order valence-corrected chi connectivity index (χ0v) is 8.98. The topological polar surface area (TPSA) is 37.9 Å². The Hall–Kier alpha value is -1.57. The summed E-state index contributed by atoms with van der Waals surface area (Å²) < 4.78 is 52.7. The second-order valence-electron chi connectivity index (χ2n) is 3.04. The van der Waals surface area contributed by atoms with E-state index in [1.165, 1.54) is 0 Å². The van der Waals surface area contributed by atoms with Crippen LogP contribution in [0.1, 0.15) is 0 Å². The van der Waals surface area contributed by atoms with E-state index in [4.69, 9.17) is 0 Å². The Morgan fingerprint density at radius 3 is 2.76 bits per heavy atom. The average Bonchev–Trinajstić information content (AvgIpc) is 2.85. The highest BCUT2D eigenvalue weighted by molar-refractivity contribution is 7.13. The van der Waals surface area contributed by atoms with Crippen molar-refractivity contribution in [2.45, 2.75) is 12.5 Å². The van der Waals surface area contributed by atoms with Crippen molar-refractivity contribution in [3.8, 4) is 16.6 Å². The van der Waals surface area contributed by atoms with E-state index in [9.17, 15) is 17.6 Å². The molecular formula is C9H6F4N2OS. The largest absolute Gasteiger partial charge is 0.462 e. The molecule has 0 radical (unpaired) electrons. The minimum absolute atomic E-state index is 0.384. The molecule has 2 rings (SSSR count). The maximum Gasteiger partial charge on any atom is 0.462 e. The molecule has 0 unspecified atom stereocenters. The van der Waals surface area contributed by atoms with Gasteiger partial charge in [0.2, 0.25) is 5.88 Å². The lowest BCUT2D eigenvalue weighted by molar-refractivity contribution is -0.254. The molecule has 0 fully saturated rings. The van der Waals surface area contributed by atoms with Crippen LogP contribution in [0, 0.1) is 0 Å². The number of hydrogen-bond donors (Lipinski definition) is 1. The summed E-state index contributed by atoms with van der Waals surface area (Å²) in [7, 11) is 0. The van der Waals surface area contributed by atoms with Crippen molar-refractivity contribution < 1.29 is 22.3 Å². The molecular weight excluding hydrogens is 260 g/mol. The number of nitrogens with one attached hydrogen (secondary N) is 1. The van der Waals surface area contributed by atoms with Crippen LogP contribution in [0.2, 0.25) is 0 Å². The molecule has 0 saturated heterocycles. The van der Waals surface area contributed by atoms with E-state index in [2.05, 4.69) is 14.7 Å². The summed E-state index contributed by atoms with van der Waals surface area (Å²) in [5, 5.41) is 1.53. The number of aromatic amines is 1. The van der Waals surface area contributed by atoms with Gasteiger partial charge in [0, 0.05) is 6.20 Å². The first-order valence-corrected chi connectivity index (χ1v) is 5.31. The standard InChI is InChI=1S/C9H6F4N2OS/c10-8(11)9(12,13)16-6-4-17-7(15-6)5-2-1-3-14-5/h1-4,8,14H. The van der Waals surface area contributed by atoms with Crippen LogP contribution in [0.5, 0.6) is 5.88 Å². The van der Waals surface area contributed by atoms with Crippen molar-refractivity contribution in [3.63, 3.8) is 0 Å². The molecule has 0 amide bonds. The van der Waals surface area contributed by atoms with Crippen LogP contribution in [0.4, 0.5) is 17.6 Å². The predicted molar refractivity (Wildman–Crippen MR) is 53.5 cm³/mol. The first-order valence-electron chi connectivity index (χ1n) is 4.43. The molecule has 17 heavy (non-hydrogen) atoms. The van der Waals surface area contributed by atoms with Gasteiger partial charge in [0.1, 0.15) is 5.01 Å². The summed E-state index contributed by atoms with van der Waals surface area (Å²) in [6.45, 7) is 0. The number of hydrogen-bond acceptors (Lipinski definition) is 3. The van der Waals surface area contributed by atoms with Crippen LogP contribution in [0.3, 0.4) is 0 Å². The summed E-state index contributed by atoms with van der Waals surface area (Å²) in [6.07, 6.45) is -6.79. The second-order valence-corrected chi connectivity index (χ2v) is 3.90. The maximum absolute atomic E-state index is 12.6. The fourth-order valence-electron chi connectivity index (χ4n) is 1.08. The average molecular weight is 266 g/mol. The van der Waals surface area contributed by atoms with Crippen LogP contribution < -0.4 is 4.74 Å². The number of thiazole rings is 1. The fourth-order valence-corrected chi connectivity index (χ4v) is 1.79. The van der Waals surface area contributed by atoms with Gasteiger partial charge in [-0.15, -0.1) is 11.3 Å². The summed E-state index contributed by atoms with van der Waals surface area (Å²) >= 11 is 1.01. The number of ether oxygens (including phenoxy) is 1. The van der Waals surface area contributed by atoms with E-state index in [-0.39, 0.29) is 0 Å². The molecule has 2 aromatic heterocycles. The van der Waals surface area contributed by atoms with E-state index in [0.717, 1.165) is 16.7 Å². The van der Waals surface area contributed by atoms with Gasteiger partial charge in [0.05, 0.1) is 11.1 Å². The minimum atomic E-state index is -4.53. The molecule has 0 saturated carbocycles. The van der Waals surface area contributed by atoms with E-state index in [1.807, 2.05) is 0 Å². The molecule has 0 aliphatic rings. The van der Waals surface area contributed by atoms with Gasteiger partial charge in [-0.2, -0.15) is 22.5 Å². The molecule has 2 heterocycles. The molecule has 0 aliphatic carbocycles. The fraction of sp³-hybridized carbons (Fsp3) is 0.222. The van der Waals surface area contributed by atoms with Crippen molar-refractivity contribution in [1.29, 1.82) is 0 Å². The second kappa shape index (κ2) is 4.36. The predicted octanol–water partition coefficient (Wildman–Crippen LogP) is 3.37. The van der Waals surface area contributed by atoms with Gasteiger partial charge in [-0.25, -0.2) is 0 Å². The Morgan fingerprint density at radius 2 is 2.18 bits per heavy atom. The highest BCUT2D eigenvalue weighted by Gasteiger charge is 2.44. The van der Waals surface area contributed by atoms with Gasteiger partial charge in [-0.3, -0.25) is 0 Å². The van der Waals surface area contributed by atoms with E-state index in [0.29, 0.717) is 10.7 Å². The van der Waals surface area contributed by atoms with Crippen molar-refractivity contribution >= 4 is 11.3 Å². The highest BCUT2D eigenvalue weighted by Crippen LogP contribution is 2.31. The molecule has 0 spiro atoms. The molecule has 1 N–H and O–H groups in total. The summed E-state index contributed by atoms with van der Waals surface area (Å²) in [6, 6.07) is 3.37. The number of H-pyrrole nitrogens is 1. The van der Waals surface area contributed by atoms with Gasteiger partial charge in [-0.05, 0) is 12.1 Å². The Kier molecular flexibility index (Phi) is 3.05. The Labute approximate surface area is 97.1 Å². The van der Waals surface area contributed by atoms with Crippen LogP contribution in [-0.2, 0) is 0 Å². The van der Waals surface area contributed by atoms with Crippen molar-refractivity contribution in [1.82, 2.24) is 9.97 Å². The monoisotopic (exact) mass is 266 g/mol. The Bertz CT molecular complexity index is 483. The van der Waals surface area contributed by atoms with E-state index >= 15 is 0 Å². The van der Waals surface area contributed by atoms with Crippen LogP contribution in [0.25, 0.3) is 10.7 Å². The summed E-state index contributed by atoms with van der Waals surface area (Å²) in [4.78, 5) is 6.48. The van der Waals surface area contributed by atoms with Crippen LogP contribution in [-0.4, -0.2) is 22.5 Å². The first-order chi connectivity index (χ1) is 7.99. The summed E-state index contributed by atoms with van der Waals surface area (Å²) in [5.74, 6) is -0.523.